The first-order chi connectivity index (χ1) is 15.2. The highest BCUT2D eigenvalue weighted by Crippen LogP contribution is 2.37. The summed E-state index contributed by atoms with van der Waals surface area (Å²) >= 11 is 13.3. The molecule has 0 unspecified atom stereocenters. The summed E-state index contributed by atoms with van der Waals surface area (Å²) in [5, 5.41) is 3.76. The molecule has 0 spiro atoms. The number of benzene rings is 2. The molecule has 1 heterocycles. The zero-order valence-corrected chi connectivity index (χ0v) is 19.0. The average molecular weight is 496 g/mol. The molecule has 0 bridgehead atoms. The summed E-state index contributed by atoms with van der Waals surface area (Å²) in [6.45, 7) is -0.659. The molecule has 1 N–H and O–H groups in total. The molecular formula is C21H15Cl2NO7S. The van der Waals surface area contributed by atoms with Crippen LogP contribution in [0.4, 0.5) is 5.69 Å². The Labute approximate surface area is 196 Å². The van der Waals surface area contributed by atoms with Crippen molar-refractivity contribution in [3.63, 3.8) is 0 Å². The van der Waals surface area contributed by atoms with Gasteiger partial charge in [0.15, 0.2) is 6.61 Å². The summed E-state index contributed by atoms with van der Waals surface area (Å²) < 4.78 is 15.1. The number of carbonyl (C=O) groups excluding carboxylic acids is 4. The monoisotopic (exact) mass is 495 g/mol. The zero-order chi connectivity index (χ0) is 23.4. The minimum Gasteiger partial charge on any atom is -0.465 e. The molecule has 0 saturated heterocycles. The number of methoxy groups -OCH3 is 2. The van der Waals surface area contributed by atoms with E-state index in [2.05, 4.69) is 14.8 Å². The Bertz CT molecular complexity index is 1240. The Morgan fingerprint density at radius 1 is 0.938 bits per heavy atom. The van der Waals surface area contributed by atoms with E-state index in [-0.39, 0.29) is 26.7 Å². The van der Waals surface area contributed by atoms with E-state index in [1.807, 2.05) is 0 Å². The van der Waals surface area contributed by atoms with Gasteiger partial charge in [-0.15, -0.1) is 11.3 Å². The predicted octanol–water partition coefficient (Wildman–Crippen LogP) is 4.58. The Kier molecular flexibility index (Phi) is 7.34. The van der Waals surface area contributed by atoms with Gasteiger partial charge in [0.05, 0.1) is 36.1 Å². The van der Waals surface area contributed by atoms with Crippen molar-refractivity contribution in [2.45, 2.75) is 0 Å². The van der Waals surface area contributed by atoms with Gasteiger partial charge in [0, 0.05) is 15.1 Å². The van der Waals surface area contributed by atoms with Crippen molar-refractivity contribution >= 4 is 74.1 Å². The van der Waals surface area contributed by atoms with Crippen LogP contribution in [0.1, 0.15) is 30.4 Å². The lowest BCUT2D eigenvalue weighted by Crippen LogP contribution is -2.22. The normalized spacial score (nSPS) is 10.5. The lowest BCUT2D eigenvalue weighted by atomic mass is 10.1. The molecular weight excluding hydrogens is 481 g/mol. The highest BCUT2D eigenvalue weighted by atomic mass is 35.5. The molecule has 3 rings (SSSR count). The molecule has 0 fully saturated rings. The van der Waals surface area contributed by atoms with Crippen molar-refractivity contribution in [3.05, 3.63) is 62.4 Å². The maximum absolute atomic E-state index is 12.4. The number of anilines is 1. The summed E-state index contributed by atoms with van der Waals surface area (Å²) in [7, 11) is 2.37. The van der Waals surface area contributed by atoms with Crippen LogP contribution in [-0.4, -0.2) is 44.6 Å². The second-order valence-corrected chi connectivity index (χ2v) is 8.12. The van der Waals surface area contributed by atoms with Crippen LogP contribution in [0.5, 0.6) is 0 Å². The van der Waals surface area contributed by atoms with Gasteiger partial charge in [-0.2, -0.15) is 0 Å². The first kappa shape index (κ1) is 23.5. The Hall–Kier alpha value is -3.14. The lowest BCUT2D eigenvalue weighted by Gasteiger charge is -2.11. The van der Waals surface area contributed by atoms with Crippen LogP contribution in [0.3, 0.4) is 0 Å². The summed E-state index contributed by atoms with van der Waals surface area (Å²) in [5.41, 5.74) is 0.0998. The van der Waals surface area contributed by atoms with Gasteiger partial charge in [0.1, 0.15) is 4.88 Å². The highest BCUT2D eigenvalue weighted by Gasteiger charge is 2.21. The number of nitrogens with one attached hydrogen (secondary N) is 1. The molecule has 0 aliphatic heterocycles. The number of thiophene rings is 1. The Morgan fingerprint density at radius 2 is 1.66 bits per heavy atom. The van der Waals surface area contributed by atoms with Gasteiger partial charge in [-0.1, -0.05) is 29.3 Å². The van der Waals surface area contributed by atoms with E-state index in [1.165, 1.54) is 32.4 Å². The predicted molar refractivity (Wildman–Crippen MR) is 120 cm³/mol. The second kappa shape index (κ2) is 9.99. The van der Waals surface area contributed by atoms with Gasteiger partial charge in [0.25, 0.3) is 5.91 Å². The molecule has 3 aromatic rings. The smallest absolute Gasteiger partial charge is 0.350 e. The molecule has 11 heteroatoms. The maximum Gasteiger partial charge on any atom is 0.350 e. The molecule has 0 aliphatic carbocycles. The molecule has 166 valence electrons. The van der Waals surface area contributed by atoms with Gasteiger partial charge >= 0.3 is 17.9 Å². The highest BCUT2D eigenvalue weighted by molar-refractivity contribution is 7.21. The fourth-order valence-corrected chi connectivity index (χ4v) is 4.41. The molecule has 8 nitrogen and oxygen atoms in total. The molecule has 32 heavy (non-hydrogen) atoms. The first-order valence-electron chi connectivity index (χ1n) is 8.90. The van der Waals surface area contributed by atoms with Gasteiger partial charge in [-0.25, -0.2) is 14.4 Å². The van der Waals surface area contributed by atoms with E-state index >= 15 is 0 Å². The van der Waals surface area contributed by atoms with E-state index in [0.29, 0.717) is 15.1 Å². The number of rotatable bonds is 6. The van der Waals surface area contributed by atoms with Gasteiger partial charge in [-0.05, 0) is 30.3 Å². The second-order valence-electron chi connectivity index (χ2n) is 6.25. The Balaban J connectivity index is 1.74. The topological polar surface area (TPSA) is 108 Å². The largest absolute Gasteiger partial charge is 0.465 e. The number of esters is 3. The minimum absolute atomic E-state index is 0.00394. The average Bonchev–Trinajstić information content (AvgIpc) is 3.11. The molecule has 1 aromatic heterocycles. The van der Waals surface area contributed by atoms with E-state index in [1.54, 1.807) is 18.2 Å². The third-order valence-electron chi connectivity index (χ3n) is 4.23. The number of hydrogen-bond donors (Lipinski definition) is 1. The Morgan fingerprint density at radius 3 is 2.34 bits per heavy atom. The standard InChI is InChI=1S/C21H15Cl2NO7S/c1-29-19(26)10-3-5-12(20(27)30-2)14(7-10)24-16(25)9-31-21(28)18-17(23)13-6-4-11(22)8-15(13)32-18/h3-8H,9H2,1-2H3,(H,24,25). The maximum atomic E-state index is 12.4. The van der Waals surface area contributed by atoms with Crippen molar-refractivity contribution < 1.29 is 33.4 Å². The lowest BCUT2D eigenvalue weighted by molar-refractivity contribution is -0.119. The van der Waals surface area contributed by atoms with Crippen LogP contribution in [0.2, 0.25) is 10.0 Å². The van der Waals surface area contributed by atoms with Crippen LogP contribution in [-0.2, 0) is 19.0 Å². The van der Waals surface area contributed by atoms with Crippen molar-refractivity contribution in [1.29, 1.82) is 0 Å². The van der Waals surface area contributed by atoms with Crippen molar-refractivity contribution in [2.75, 3.05) is 26.1 Å². The fraction of sp³-hybridized carbons (Fsp3) is 0.143. The summed E-state index contributed by atoms with van der Waals surface area (Å²) in [4.78, 5) is 48.6. The number of amides is 1. The van der Waals surface area contributed by atoms with Crippen molar-refractivity contribution in [3.8, 4) is 0 Å². The van der Waals surface area contributed by atoms with E-state index in [0.717, 1.165) is 11.3 Å². The molecule has 0 atom stereocenters. The van der Waals surface area contributed by atoms with Gasteiger partial charge in [-0.3, -0.25) is 4.79 Å². The zero-order valence-electron chi connectivity index (χ0n) is 16.7. The minimum atomic E-state index is -0.793. The summed E-state index contributed by atoms with van der Waals surface area (Å²) in [6, 6.07) is 8.91. The molecule has 2 aromatic carbocycles. The van der Waals surface area contributed by atoms with E-state index in [4.69, 9.17) is 27.9 Å². The van der Waals surface area contributed by atoms with Crippen molar-refractivity contribution in [2.24, 2.45) is 0 Å². The number of carbonyl (C=O) groups is 4. The van der Waals surface area contributed by atoms with Gasteiger partial charge in [0.2, 0.25) is 0 Å². The van der Waals surface area contributed by atoms with Gasteiger partial charge < -0.3 is 19.5 Å². The van der Waals surface area contributed by atoms with Crippen LogP contribution >= 0.6 is 34.5 Å². The van der Waals surface area contributed by atoms with E-state index < -0.39 is 30.4 Å². The molecule has 1 amide bonds. The molecule has 0 radical (unpaired) electrons. The number of ether oxygens (including phenoxy) is 3. The molecule has 0 saturated carbocycles. The number of hydrogen-bond acceptors (Lipinski definition) is 8. The number of fused-ring (bicyclic) bond motifs is 1. The van der Waals surface area contributed by atoms with Crippen LogP contribution < -0.4 is 5.32 Å². The van der Waals surface area contributed by atoms with Crippen LogP contribution in [0, 0.1) is 0 Å². The van der Waals surface area contributed by atoms with Crippen LogP contribution in [0.15, 0.2) is 36.4 Å². The summed E-state index contributed by atoms with van der Waals surface area (Å²) in [5.74, 6) is -2.93. The molecule has 0 aliphatic rings. The third kappa shape index (κ3) is 5.01. The SMILES string of the molecule is COC(=O)c1ccc(C(=O)OC)c(NC(=O)COC(=O)c2sc3cc(Cl)ccc3c2Cl)c1. The fourth-order valence-electron chi connectivity index (χ4n) is 2.73. The quantitative estimate of drug-likeness (QED) is 0.393. The summed E-state index contributed by atoms with van der Waals surface area (Å²) in [6.07, 6.45) is 0. The van der Waals surface area contributed by atoms with Crippen LogP contribution in [0.25, 0.3) is 10.1 Å². The number of halogens is 2. The van der Waals surface area contributed by atoms with E-state index in [9.17, 15) is 19.2 Å². The third-order valence-corrected chi connectivity index (χ3v) is 6.10. The van der Waals surface area contributed by atoms with Crippen molar-refractivity contribution in [1.82, 2.24) is 0 Å². The first-order valence-corrected chi connectivity index (χ1v) is 10.5.